The van der Waals surface area contributed by atoms with Crippen LogP contribution in [0.25, 0.3) is 0 Å². The first kappa shape index (κ1) is 15.7. The molecule has 0 unspecified atom stereocenters. The van der Waals surface area contributed by atoms with Crippen LogP contribution in [0.3, 0.4) is 0 Å². The second-order valence-corrected chi connectivity index (χ2v) is 5.22. The van der Waals surface area contributed by atoms with Crippen molar-refractivity contribution in [3.63, 3.8) is 0 Å². The Labute approximate surface area is 136 Å². The average Bonchev–Trinajstić information content (AvgIpc) is 2.46. The molecule has 110 valence electrons. The summed E-state index contributed by atoms with van der Waals surface area (Å²) in [5.74, 6) is -0.309. The van der Waals surface area contributed by atoms with Crippen LogP contribution in [0.5, 0.6) is 0 Å². The number of carbonyl (C=O) groups is 1. The summed E-state index contributed by atoms with van der Waals surface area (Å²) in [5, 5.41) is 3.91. The van der Waals surface area contributed by atoms with Crippen molar-refractivity contribution in [2.75, 3.05) is 18.2 Å². The molecule has 0 saturated carbocycles. The van der Waals surface area contributed by atoms with Crippen LogP contribution in [0.15, 0.2) is 24.3 Å². The van der Waals surface area contributed by atoms with Crippen molar-refractivity contribution in [2.24, 2.45) is 0 Å². The van der Waals surface area contributed by atoms with Gasteiger partial charge in [-0.25, -0.2) is 9.78 Å². The minimum atomic E-state index is -0.571. The van der Waals surface area contributed by atoms with Gasteiger partial charge in [-0.15, -0.1) is 0 Å². The molecule has 0 aliphatic carbocycles. The van der Waals surface area contributed by atoms with Crippen molar-refractivity contribution in [2.45, 2.75) is 0 Å². The molecule has 3 N–H and O–H groups in total. The molecule has 0 saturated heterocycles. The molecule has 1 aromatic carbocycles. The topological polar surface area (TPSA) is 77.2 Å². The van der Waals surface area contributed by atoms with E-state index in [0.717, 1.165) is 0 Å². The number of hydrogen-bond donors (Lipinski definition) is 2. The molecule has 1 aromatic heterocycles. The number of halogens is 3. The number of aromatic nitrogens is 1. The normalized spacial score (nSPS) is 10.3. The van der Waals surface area contributed by atoms with Gasteiger partial charge < -0.3 is 15.8 Å². The highest BCUT2D eigenvalue weighted by Gasteiger charge is 2.12. The van der Waals surface area contributed by atoms with Gasteiger partial charge in [0.2, 0.25) is 0 Å². The number of methoxy groups -OCH3 is 1. The van der Waals surface area contributed by atoms with Gasteiger partial charge in [0.05, 0.1) is 33.6 Å². The smallest absolute Gasteiger partial charge is 0.356 e. The van der Waals surface area contributed by atoms with E-state index in [-0.39, 0.29) is 11.5 Å². The number of carbonyl (C=O) groups excluding carboxylic acids is 1. The fourth-order valence-electron chi connectivity index (χ4n) is 1.53. The Bertz CT molecular complexity index is 707. The Morgan fingerprint density at radius 1 is 1.19 bits per heavy atom. The molecule has 21 heavy (non-hydrogen) atoms. The number of ether oxygens (including phenoxy) is 1. The van der Waals surface area contributed by atoms with Crippen LogP contribution in [-0.4, -0.2) is 18.1 Å². The summed E-state index contributed by atoms with van der Waals surface area (Å²) >= 11 is 17.9. The number of nitrogens with one attached hydrogen (secondary N) is 1. The van der Waals surface area contributed by atoms with E-state index in [1.807, 2.05) is 0 Å². The maximum absolute atomic E-state index is 11.5. The van der Waals surface area contributed by atoms with E-state index in [9.17, 15) is 4.79 Å². The number of nitrogens with two attached hydrogens (primary N) is 1. The van der Waals surface area contributed by atoms with Crippen LogP contribution in [0.1, 0.15) is 10.5 Å². The summed E-state index contributed by atoms with van der Waals surface area (Å²) in [6.45, 7) is 0. The maximum atomic E-state index is 11.5. The molecule has 0 spiro atoms. The highest BCUT2D eigenvalue weighted by molar-refractivity contribution is 6.44. The molecule has 8 heteroatoms. The third-order valence-corrected chi connectivity index (χ3v) is 3.62. The number of nitrogens with zero attached hydrogens (tertiary/aromatic N) is 1. The van der Waals surface area contributed by atoms with Crippen LogP contribution in [0.4, 0.5) is 17.2 Å². The lowest BCUT2D eigenvalue weighted by Crippen LogP contribution is -2.08. The van der Waals surface area contributed by atoms with E-state index < -0.39 is 5.97 Å². The van der Waals surface area contributed by atoms with E-state index in [1.165, 1.54) is 31.4 Å². The molecule has 0 aliphatic rings. The molecular weight excluding hydrogens is 337 g/mol. The summed E-state index contributed by atoms with van der Waals surface area (Å²) in [6, 6.07) is 6.03. The predicted octanol–water partition coefficient (Wildman–Crippen LogP) is 4.15. The number of hydrogen-bond acceptors (Lipinski definition) is 5. The quantitative estimate of drug-likeness (QED) is 0.645. The standard InChI is InChI=1S/C13H10Cl3N3O2/c1-21-13(20)10-3-2-9(17)12(18-10)19-11-5-7(15)6(14)4-8(11)16/h2-5H,17H2,1H3,(H,18,19). The third kappa shape index (κ3) is 3.50. The largest absolute Gasteiger partial charge is 0.464 e. The summed E-state index contributed by atoms with van der Waals surface area (Å²) in [4.78, 5) is 15.6. The first-order valence-corrected chi connectivity index (χ1v) is 6.82. The van der Waals surface area contributed by atoms with Gasteiger partial charge >= 0.3 is 5.97 Å². The summed E-state index contributed by atoms with van der Waals surface area (Å²) in [6.07, 6.45) is 0. The zero-order chi connectivity index (χ0) is 15.6. The van der Waals surface area contributed by atoms with Crippen LogP contribution in [0.2, 0.25) is 15.1 Å². The van der Waals surface area contributed by atoms with Gasteiger partial charge in [0, 0.05) is 0 Å². The zero-order valence-electron chi connectivity index (χ0n) is 10.8. The lowest BCUT2D eigenvalue weighted by molar-refractivity contribution is 0.0594. The molecule has 2 aromatic rings. The summed E-state index contributed by atoms with van der Waals surface area (Å²) in [5.41, 5.74) is 6.74. The van der Waals surface area contributed by atoms with Gasteiger partial charge in [0.15, 0.2) is 11.5 Å². The second kappa shape index (κ2) is 6.39. The van der Waals surface area contributed by atoms with Crippen molar-refractivity contribution < 1.29 is 9.53 Å². The SMILES string of the molecule is COC(=O)c1ccc(N)c(Nc2cc(Cl)c(Cl)cc2Cl)n1. The van der Waals surface area contributed by atoms with Crippen LogP contribution >= 0.6 is 34.8 Å². The van der Waals surface area contributed by atoms with Crippen molar-refractivity contribution >= 4 is 58.0 Å². The molecule has 0 amide bonds. The molecule has 0 fully saturated rings. The maximum Gasteiger partial charge on any atom is 0.356 e. The van der Waals surface area contributed by atoms with E-state index in [0.29, 0.717) is 26.4 Å². The highest BCUT2D eigenvalue weighted by atomic mass is 35.5. The Balaban J connectivity index is 2.39. The van der Waals surface area contributed by atoms with Crippen LogP contribution < -0.4 is 11.1 Å². The van der Waals surface area contributed by atoms with E-state index >= 15 is 0 Å². The van der Waals surface area contributed by atoms with E-state index in [4.69, 9.17) is 40.5 Å². The predicted molar refractivity (Wildman–Crippen MR) is 84.7 cm³/mol. The lowest BCUT2D eigenvalue weighted by Gasteiger charge is -2.12. The Kier molecular flexibility index (Phi) is 4.77. The van der Waals surface area contributed by atoms with Crippen molar-refractivity contribution in [1.82, 2.24) is 4.98 Å². The monoisotopic (exact) mass is 345 g/mol. The van der Waals surface area contributed by atoms with Gasteiger partial charge in [-0.2, -0.15) is 0 Å². The molecule has 0 aliphatic heterocycles. The fraction of sp³-hybridized carbons (Fsp3) is 0.0769. The number of anilines is 3. The molecule has 5 nitrogen and oxygen atoms in total. The van der Waals surface area contributed by atoms with Gasteiger partial charge in [-0.1, -0.05) is 34.8 Å². The number of esters is 1. The zero-order valence-corrected chi connectivity index (χ0v) is 13.1. The van der Waals surface area contributed by atoms with Crippen LogP contribution in [0, 0.1) is 0 Å². The minimum absolute atomic E-state index is 0.116. The summed E-state index contributed by atoms with van der Waals surface area (Å²) in [7, 11) is 1.27. The molecule has 0 atom stereocenters. The summed E-state index contributed by atoms with van der Waals surface area (Å²) < 4.78 is 4.61. The Morgan fingerprint density at radius 3 is 2.52 bits per heavy atom. The number of pyridine rings is 1. The molecule has 2 rings (SSSR count). The molecule has 0 radical (unpaired) electrons. The number of rotatable bonds is 3. The number of nitrogen functional groups attached to an aromatic ring is 1. The molecular formula is C13H10Cl3N3O2. The van der Waals surface area contributed by atoms with Crippen molar-refractivity contribution in [3.8, 4) is 0 Å². The second-order valence-electron chi connectivity index (χ2n) is 4.00. The minimum Gasteiger partial charge on any atom is -0.464 e. The van der Waals surface area contributed by atoms with Crippen molar-refractivity contribution in [1.29, 1.82) is 0 Å². The number of benzene rings is 1. The van der Waals surface area contributed by atoms with Gasteiger partial charge in [0.25, 0.3) is 0 Å². The molecule has 1 heterocycles. The lowest BCUT2D eigenvalue weighted by atomic mass is 10.3. The van der Waals surface area contributed by atoms with Crippen LogP contribution in [-0.2, 0) is 4.74 Å². The van der Waals surface area contributed by atoms with E-state index in [2.05, 4.69) is 15.0 Å². The third-order valence-electron chi connectivity index (χ3n) is 2.58. The van der Waals surface area contributed by atoms with Gasteiger partial charge in [-0.05, 0) is 24.3 Å². The fourth-order valence-corrected chi connectivity index (χ4v) is 2.13. The van der Waals surface area contributed by atoms with E-state index in [1.54, 1.807) is 0 Å². The van der Waals surface area contributed by atoms with Gasteiger partial charge in [-0.3, -0.25) is 0 Å². The first-order valence-electron chi connectivity index (χ1n) is 5.68. The first-order chi connectivity index (χ1) is 9.92. The molecule has 0 bridgehead atoms. The Hall–Kier alpha value is -1.69. The Morgan fingerprint density at radius 2 is 1.86 bits per heavy atom. The van der Waals surface area contributed by atoms with Crippen molar-refractivity contribution in [3.05, 3.63) is 45.0 Å². The average molecular weight is 347 g/mol. The van der Waals surface area contributed by atoms with Gasteiger partial charge in [0.1, 0.15) is 0 Å². The highest BCUT2D eigenvalue weighted by Crippen LogP contribution is 2.34.